The summed E-state index contributed by atoms with van der Waals surface area (Å²) >= 11 is 9.29. The Labute approximate surface area is 123 Å². The lowest BCUT2D eigenvalue weighted by Crippen LogP contribution is -1.99. The minimum Gasteiger partial charge on any atom is -0.360 e. The summed E-state index contributed by atoms with van der Waals surface area (Å²) in [7, 11) is 0. The third-order valence-corrected chi connectivity index (χ3v) is 3.76. The number of carbonyl (C=O) groups excluding carboxylic acids is 1. The van der Waals surface area contributed by atoms with Gasteiger partial charge in [0, 0.05) is 37.7 Å². The lowest BCUT2D eigenvalue weighted by atomic mass is 10.0. The van der Waals surface area contributed by atoms with Crippen LogP contribution in [-0.4, -0.2) is 10.8 Å². The quantitative estimate of drug-likeness (QED) is 0.670. The van der Waals surface area contributed by atoms with Crippen LogP contribution in [0.25, 0.3) is 10.9 Å². The first-order valence-corrected chi connectivity index (χ1v) is 6.89. The van der Waals surface area contributed by atoms with E-state index in [0.717, 1.165) is 15.4 Å². The molecule has 0 amide bonds. The van der Waals surface area contributed by atoms with Gasteiger partial charge < -0.3 is 4.98 Å². The molecule has 0 fully saturated rings. The molecule has 0 aliphatic rings. The molecule has 94 valence electrons. The highest BCUT2D eigenvalue weighted by atomic mass is 79.9. The summed E-state index contributed by atoms with van der Waals surface area (Å²) in [5, 5.41) is 1.54. The summed E-state index contributed by atoms with van der Waals surface area (Å²) in [6, 6.07) is 12.8. The van der Waals surface area contributed by atoms with Gasteiger partial charge in [-0.3, -0.25) is 4.79 Å². The Kier molecular flexibility index (Phi) is 3.17. The molecule has 0 spiro atoms. The number of hydrogen-bond acceptors (Lipinski definition) is 1. The van der Waals surface area contributed by atoms with Gasteiger partial charge in [-0.25, -0.2) is 0 Å². The molecule has 2 nitrogen and oxygen atoms in total. The molecule has 3 aromatic rings. The van der Waals surface area contributed by atoms with Crippen molar-refractivity contribution in [2.24, 2.45) is 0 Å². The molecule has 2 aromatic carbocycles. The number of H-pyrrole nitrogens is 1. The van der Waals surface area contributed by atoms with Crippen LogP contribution in [-0.2, 0) is 0 Å². The van der Waals surface area contributed by atoms with E-state index in [1.807, 2.05) is 24.3 Å². The SMILES string of the molecule is O=C(c1ccc(Br)cc1)c1c[nH]c2cc(Cl)ccc12. The molecular formula is C15H9BrClNO. The fourth-order valence-electron chi connectivity index (χ4n) is 2.04. The molecule has 1 aromatic heterocycles. The van der Waals surface area contributed by atoms with E-state index in [1.54, 1.807) is 24.4 Å². The van der Waals surface area contributed by atoms with Crippen LogP contribution in [0.2, 0.25) is 5.02 Å². The van der Waals surface area contributed by atoms with Crippen molar-refractivity contribution < 1.29 is 4.79 Å². The van der Waals surface area contributed by atoms with Gasteiger partial charge in [-0.2, -0.15) is 0 Å². The van der Waals surface area contributed by atoms with Crippen molar-refractivity contribution in [3.05, 3.63) is 69.3 Å². The fourth-order valence-corrected chi connectivity index (χ4v) is 2.48. The Balaban J connectivity index is 2.09. The summed E-state index contributed by atoms with van der Waals surface area (Å²) in [6.45, 7) is 0. The molecule has 0 unspecified atom stereocenters. The largest absolute Gasteiger partial charge is 0.360 e. The molecule has 0 saturated carbocycles. The Morgan fingerprint density at radius 3 is 2.58 bits per heavy atom. The molecule has 0 radical (unpaired) electrons. The fraction of sp³-hybridized carbons (Fsp3) is 0. The number of aromatic nitrogens is 1. The smallest absolute Gasteiger partial charge is 0.195 e. The van der Waals surface area contributed by atoms with Gasteiger partial charge in [0.25, 0.3) is 0 Å². The van der Waals surface area contributed by atoms with E-state index in [4.69, 9.17) is 11.6 Å². The third kappa shape index (κ3) is 2.31. The van der Waals surface area contributed by atoms with Crippen LogP contribution >= 0.6 is 27.5 Å². The second-order valence-corrected chi connectivity index (χ2v) is 5.58. The standard InChI is InChI=1S/C15H9BrClNO/c16-10-3-1-9(2-4-10)15(19)13-8-18-14-7-11(17)5-6-12(13)14/h1-8,18H. The molecule has 4 heteroatoms. The summed E-state index contributed by atoms with van der Waals surface area (Å²) in [6.07, 6.45) is 1.73. The molecule has 0 saturated heterocycles. The van der Waals surface area contributed by atoms with Gasteiger partial charge in [-0.1, -0.05) is 33.6 Å². The predicted octanol–water partition coefficient (Wildman–Crippen LogP) is 4.81. The minimum absolute atomic E-state index is 0.000993. The highest BCUT2D eigenvalue weighted by Crippen LogP contribution is 2.24. The first-order valence-electron chi connectivity index (χ1n) is 5.72. The average Bonchev–Trinajstić information content (AvgIpc) is 2.81. The highest BCUT2D eigenvalue weighted by molar-refractivity contribution is 9.10. The van der Waals surface area contributed by atoms with Gasteiger partial charge in [-0.15, -0.1) is 0 Å². The van der Waals surface area contributed by atoms with Gasteiger partial charge in [-0.05, 0) is 36.4 Å². The number of fused-ring (bicyclic) bond motifs is 1. The van der Waals surface area contributed by atoms with Crippen LogP contribution in [0.4, 0.5) is 0 Å². The summed E-state index contributed by atoms with van der Waals surface area (Å²) < 4.78 is 0.953. The minimum atomic E-state index is 0.000993. The van der Waals surface area contributed by atoms with E-state index < -0.39 is 0 Å². The zero-order valence-corrected chi connectivity index (χ0v) is 12.1. The molecule has 19 heavy (non-hydrogen) atoms. The van der Waals surface area contributed by atoms with E-state index in [2.05, 4.69) is 20.9 Å². The lowest BCUT2D eigenvalue weighted by molar-refractivity contribution is 0.104. The zero-order chi connectivity index (χ0) is 13.4. The van der Waals surface area contributed by atoms with E-state index >= 15 is 0 Å². The maximum absolute atomic E-state index is 12.4. The second kappa shape index (κ2) is 4.83. The number of rotatable bonds is 2. The first-order chi connectivity index (χ1) is 9.15. The van der Waals surface area contributed by atoms with E-state index in [1.165, 1.54) is 0 Å². The summed E-state index contributed by atoms with van der Waals surface area (Å²) in [4.78, 5) is 15.5. The topological polar surface area (TPSA) is 32.9 Å². The van der Waals surface area contributed by atoms with Crippen molar-refractivity contribution in [3.63, 3.8) is 0 Å². The van der Waals surface area contributed by atoms with Gasteiger partial charge in [0.1, 0.15) is 0 Å². The summed E-state index contributed by atoms with van der Waals surface area (Å²) in [5.74, 6) is 0.000993. The monoisotopic (exact) mass is 333 g/mol. The molecule has 1 N–H and O–H groups in total. The summed E-state index contributed by atoms with van der Waals surface area (Å²) in [5.41, 5.74) is 2.20. The van der Waals surface area contributed by atoms with E-state index in [-0.39, 0.29) is 5.78 Å². The number of aromatic amines is 1. The molecule has 0 aliphatic carbocycles. The number of benzene rings is 2. The van der Waals surface area contributed by atoms with Crippen molar-refractivity contribution >= 4 is 44.2 Å². The normalized spacial score (nSPS) is 10.8. The molecule has 1 heterocycles. The van der Waals surface area contributed by atoms with Gasteiger partial charge in [0.2, 0.25) is 0 Å². The van der Waals surface area contributed by atoms with Crippen molar-refractivity contribution in [3.8, 4) is 0 Å². The van der Waals surface area contributed by atoms with Crippen LogP contribution in [0, 0.1) is 0 Å². The van der Waals surface area contributed by atoms with E-state index in [0.29, 0.717) is 16.1 Å². The molecular weight excluding hydrogens is 326 g/mol. The number of ketones is 1. The molecule has 0 atom stereocenters. The lowest BCUT2D eigenvalue weighted by Gasteiger charge is -2.00. The Morgan fingerprint density at radius 1 is 1.11 bits per heavy atom. The Bertz CT molecular complexity index is 761. The number of carbonyl (C=O) groups is 1. The predicted molar refractivity (Wildman–Crippen MR) is 80.9 cm³/mol. The van der Waals surface area contributed by atoms with Crippen molar-refractivity contribution in [1.82, 2.24) is 4.98 Å². The molecule has 0 bridgehead atoms. The Morgan fingerprint density at radius 2 is 1.84 bits per heavy atom. The second-order valence-electron chi connectivity index (χ2n) is 4.23. The van der Waals surface area contributed by atoms with Crippen molar-refractivity contribution in [2.45, 2.75) is 0 Å². The first kappa shape index (κ1) is 12.5. The zero-order valence-electron chi connectivity index (χ0n) is 9.78. The highest BCUT2D eigenvalue weighted by Gasteiger charge is 2.14. The van der Waals surface area contributed by atoms with Crippen LogP contribution < -0.4 is 0 Å². The Hall–Kier alpha value is -1.58. The maximum atomic E-state index is 12.4. The van der Waals surface area contributed by atoms with Crippen LogP contribution in [0.15, 0.2) is 53.1 Å². The van der Waals surface area contributed by atoms with E-state index in [9.17, 15) is 4.79 Å². The van der Waals surface area contributed by atoms with Crippen LogP contribution in [0.5, 0.6) is 0 Å². The van der Waals surface area contributed by atoms with Gasteiger partial charge in [0.05, 0.1) is 0 Å². The number of halogens is 2. The average molecular weight is 335 g/mol. The van der Waals surface area contributed by atoms with Crippen LogP contribution in [0.1, 0.15) is 15.9 Å². The molecule has 0 aliphatic heterocycles. The van der Waals surface area contributed by atoms with Crippen molar-refractivity contribution in [1.29, 1.82) is 0 Å². The number of nitrogens with one attached hydrogen (secondary N) is 1. The van der Waals surface area contributed by atoms with Gasteiger partial charge in [0.15, 0.2) is 5.78 Å². The maximum Gasteiger partial charge on any atom is 0.195 e. The third-order valence-electron chi connectivity index (χ3n) is 2.99. The van der Waals surface area contributed by atoms with Crippen LogP contribution in [0.3, 0.4) is 0 Å². The van der Waals surface area contributed by atoms with Crippen molar-refractivity contribution in [2.75, 3.05) is 0 Å². The molecule has 3 rings (SSSR count). The van der Waals surface area contributed by atoms with Gasteiger partial charge >= 0.3 is 0 Å². The number of hydrogen-bond donors (Lipinski definition) is 1.